The number of hydrogen-bond acceptors (Lipinski definition) is 3. The summed E-state index contributed by atoms with van der Waals surface area (Å²) in [5.74, 6) is 0. The first-order valence-electron chi connectivity index (χ1n) is 8.01. The van der Waals surface area contributed by atoms with Crippen molar-refractivity contribution in [2.45, 2.75) is 39.2 Å². The summed E-state index contributed by atoms with van der Waals surface area (Å²) in [6.07, 6.45) is 5.06. The second-order valence-corrected chi connectivity index (χ2v) is 5.36. The normalized spacial score (nSPS) is 12.7. The monoisotopic (exact) mass is 286 g/mol. The fourth-order valence-electron chi connectivity index (χ4n) is 2.46. The Hall–Kier alpha value is -1.45. The van der Waals surface area contributed by atoms with Crippen molar-refractivity contribution in [1.29, 1.82) is 0 Å². The first-order chi connectivity index (χ1) is 10.3. The molecule has 1 heterocycles. The molecule has 0 saturated carbocycles. The molecule has 0 fully saturated rings. The smallest absolute Gasteiger partial charge is 0.0702 e. The number of nitrogens with zero attached hydrogens (tertiary/aromatic N) is 1. The molecule has 0 aliphatic carbocycles. The van der Waals surface area contributed by atoms with E-state index in [0.29, 0.717) is 6.04 Å². The van der Waals surface area contributed by atoms with Gasteiger partial charge in [0.1, 0.15) is 0 Å². The van der Waals surface area contributed by atoms with Gasteiger partial charge in [-0.05, 0) is 49.6 Å². The summed E-state index contributed by atoms with van der Waals surface area (Å²) >= 11 is 0. The van der Waals surface area contributed by atoms with E-state index < -0.39 is 0 Å². The van der Waals surface area contributed by atoms with Gasteiger partial charge in [-0.3, -0.25) is 4.98 Å². The van der Waals surface area contributed by atoms with Crippen LogP contribution in [0.15, 0.2) is 36.5 Å². The zero-order chi connectivity index (χ0) is 14.9. The van der Waals surface area contributed by atoms with E-state index in [9.17, 15) is 0 Å². The van der Waals surface area contributed by atoms with Crippen molar-refractivity contribution in [3.8, 4) is 0 Å². The van der Waals surface area contributed by atoms with E-state index in [1.54, 1.807) is 0 Å². The summed E-state index contributed by atoms with van der Waals surface area (Å²) < 4.78 is 5.65. The zero-order valence-corrected chi connectivity index (χ0v) is 13.1. The fraction of sp³-hybridized carbons (Fsp3) is 0.500. The second kappa shape index (κ2) is 8.75. The van der Waals surface area contributed by atoms with Crippen LogP contribution < -0.4 is 5.32 Å². The van der Waals surface area contributed by atoms with Crippen molar-refractivity contribution in [2.75, 3.05) is 19.8 Å². The second-order valence-electron chi connectivity index (χ2n) is 5.36. The van der Waals surface area contributed by atoms with Gasteiger partial charge in [-0.2, -0.15) is 0 Å². The quantitative estimate of drug-likeness (QED) is 0.705. The maximum absolute atomic E-state index is 5.65. The van der Waals surface area contributed by atoms with Crippen LogP contribution >= 0.6 is 0 Å². The van der Waals surface area contributed by atoms with Crippen LogP contribution in [0.3, 0.4) is 0 Å². The molecule has 3 nitrogen and oxygen atoms in total. The lowest BCUT2D eigenvalue weighted by molar-refractivity contribution is 0.124. The van der Waals surface area contributed by atoms with Crippen LogP contribution in [0.2, 0.25) is 0 Å². The van der Waals surface area contributed by atoms with E-state index in [1.165, 1.54) is 10.9 Å². The molecule has 1 aromatic heterocycles. The maximum Gasteiger partial charge on any atom is 0.0702 e. The summed E-state index contributed by atoms with van der Waals surface area (Å²) in [6.45, 7) is 7.02. The third kappa shape index (κ3) is 4.80. The SMILES string of the molecule is CCCNC(CCOCCC)c1ccc2ncccc2c1. The lowest BCUT2D eigenvalue weighted by atomic mass is 10.0. The van der Waals surface area contributed by atoms with Crippen LogP contribution in [0, 0.1) is 0 Å². The van der Waals surface area contributed by atoms with Gasteiger partial charge >= 0.3 is 0 Å². The lowest BCUT2D eigenvalue weighted by Crippen LogP contribution is -2.23. The molecule has 1 N–H and O–H groups in total. The van der Waals surface area contributed by atoms with E-state index in [0.717, 1.165) is 44.5 Å². The molecule has 1 aromatic carbocycles. The molecule has 0 radical (unpaired) electrons. The average molecular weight is 286 g/mol. The van der Waals surface area contributed by atoms with Crippen LogP contribution in [0.5, 0.6) is 0 Å². The Bertz CT molecular complexity index is 541. The first kappa shape index (κ1) is 15.9. The van der Waals surface area contributed by atoms with Gasteiger partial charge < -0.3 is 10.1 Å². The molecule has 114 valence electrons. The van der Waals surface area contributed by atoms with Crippen molar-refractivity contribution in [1.82, 2.24) is 10.3 Å². The van der Waals surface area contributed by atoms with E-state index >= 15 is 0 Å². The minimum atomic E-state index is 0.353. The van der Waals surface area contributed by atoms with Crippen LogP contribution in [0.1, 0.15) is 44.7 Å². The van der Waals surface area contributed by atoms with E-state index in [1.807, 2.05) is 12.3 Å². The van der Waals surface area contributed by atoms with Gasteiger partial charge in [0.25, 0.3) is 0 Å². The molecule has 1 unspecified atom stereocenters. The van der Waals surface area contributed by atoms with Crippen LogP contribution in [-0.4, -0.2) is 24.7 Å². The maximum atomic E-state index is 5.65. The number of nitrogens with one attached hydrogen (secondary N) is 1. The fourth-order valence-corrected chi connectivity index (χ4v) is 2.46. The van der Waals surface area contributed by atoms with E-state index in [2.05, 4.69) is 48.4 Å². The van der Waals surface area contributed by atoms with Crippen molar-refractivity contribution < 1.29 is 4.74 Å². The van der Waals surface area contributed by atoms with Crippen molar-refractivity contribution >= 4 is 10.9 Å². The summed E-state index contributed by atoms with van der Waals surface area (Å²) in [7, 11) is 0. The molecule has 2 aromatic rings. The van der Waals surface area contributed by atoms with Crippen molar-refractivity contribution in [3.63, 3.8) is 0 Å². The number of benzene rings is 1. The third-order valence-corrected chi connectivity index (χ3v) is 3.57. The Kier molecular flexibility index (Phi) is 6.64. The number of aromatic nitrogens is 1. The summed E-state index contributed by atoms with van der Waals surface area (Å²) in [5.41, 5.74) is 2.38. The highest BCUT2D eigenvalue weighted by Crippen LogP contribution is 2.21. The van der Waals surface area contributed by atoms with Crippen molar-refractivity contribution in [3.05, 3.63) is 42.1 Å². The predicted molar refractivity (Wildman–Crippen MR) is 88.5 cm³/mol. The number of hydrogen-bond donors (Lipinski definition) is 1. The Balaban J connectivity index is 2.08. The molecule has 0 amide bonds. The van der Waals surface area contributed by atoms with Gasteiger partial charge in [-0.25, -0.2) is 0 Å². The van der Waals surface area contributed by atoms with Crippen LogP contribution in [0.4, 0.5) is 0 Å². The molecular weight excluding hydrogens is 260 g/mol. The van der Waals surface area contributed by atoms with E-state index in [-0.39, 0.29) is 0 Å². The van der Waals surface area contributed by atoms with Crippen molar-refractivity contribution in [2.24, 2.45) is 0 Å². The Morgan fingerprint density at radius 2 is 2.05 bits per heavy atom. The highest BCUT2D eigenvalue weighted by molar-refractivity contribution is 5.79. The molecule has 3 heteroatoms. The minimum Gasteiger partial charge on any atom is -0.381 e. The molecule has 0 spiro atoms. The number of ether oxygens (including phenoxy) is 1. The largest absolute Gasteiger partial charge is 0.381 e. The topological polar surface area (TPSA) is 34.1 Å². The average Bonchev–Trinajstić information content (AvgIpc) is 2.54. The summed E-state index contributed by atoms with van der Waals surface area (Å²) in [6, 6.07) is 11.0. The third-order valence-electron chi connectivity index (χ3n) is 3.57. The first-order valence-corrected chi connectivity index (χ1v) is 8.01. The van der Waals surface area contributed by atoms with Gasteiger partial charge in [0.15, 0.2) is 0 Å². The molecule has 0 aliphatic rings. The molecule has 0 bridgehead atoms. The van der Waals surface area contributed by atoms with Gasteiger partial charge in [0, 0.05) is 30.8 Å². The lowest BCUT2D eigenvalue weighted by Gasteiger charge is -2.19. The summed E-state index contributed by atoms with van der Waals surface area (Å²) in [5, 5.41) is 4.83. The highest BCUT2D eigenvalue weighted by atomic mass is 16.5. The van der Waals surface area contributed by atoms with Crippen LogP contribution in [0.25, 0.3) is 10.9 Å². The molecule has 21 heavy (non-hydrogen) atoms. The van der Waals surface area contributed by atoms with Gasteiger partial charge in [0.2, 0.25) is 0 Å². The van der Waals surface area contributed by atoms with Gasteiger partial charge in [0.05, 0.1) is 5.52 Å². The van der Waals surface area contributed by atoms with Gasteiger partial charge in [-0.1, -0.05) is 26.0 Å². The highest BCUT2D eigenvalue weighted by Gasteiger charge is 2.11. The standard InChI is InChI=1S/C18H26N2O/c1-3-10-19-18(9-13-21-12-4-2)16-7-8-17-15(14-16)6-5-11-20-17/h5-8,11,14,18-19H,3-4,9-10,12-13H2,1-2H3. The Labute approximate surface area is 127 Å². The number of fused-ring (bicyclic) bond motifs is 1. The molecular formula is C18H26N2O. The zero-order valence-electron chi connectivity index (χ0n) is 13.1. The predicted octanol–water partition coefficient (Wildman–Crippen LogP) is 4.09. The molecule has 1 atom stereocenters. The van der Waals surface area contributed by atoms with Crippen LogP contribution in [-0.2, 0) is 4.74 Å². The number of pyridine rings is 1. The Morgan fingerprint density at radius 3 is 2.86 bits per heavy atom. The minimum absolute atomic E-state index is 0.353. The molecule has 2 rings (SSSR count). The molecule has 0 aliphatic heterocycles. The summed E-state index contributed by atoms with van der Waals surface area (Å²) in [4.78, 5) is 4.39. The van der Waals surface area contributed by atoms with Gasteiger partial charge in [-0.15, -0.1) is 0 Å². The number of rotatable bonds is 9. The molecule has 0 saturated heterocycles. The van der Waals surface area contributed by atoms with E-state index in [4.69, 9.17) is 4.74 Å². The Morgan fingerprint density at radius 1 is 1.14 bits per heavy atom.